The number of hydrogen-bond acceptors (Lipinski definition) is 5. The first kappa shape index (κ1) is 24.5. The second-order valence-corrected chi connectivity index (χ2v) is 10.5. The number of fused-ring (bicyclic) bond motifs is 1. The summed E-state index contributed by atoms with van der Waals surface area (Å²) >= 11 is 3.64. The molecule has 3 aliphatic rings. The number of likely N-dealkylation sites (tertiary alicyclic amines) is 1. The molecule has 0 aromatic heterocycles. The highest BCUT2D eigenvalue weighted by Gasteiger charge is 2.77. The van der Waals surface area contributed by atoms with Gasteiger partial charge in [0.25, 0.3) is 0 Å². The van der Waals surface area contributed by atoms with E-state index in [0.717, 1.165) is 19.3 Å². The Morgan fingerprint density at radius 3 is 2.55 bits per heavy atom. The van der Waals surface area contributed by atoms with Crippen molar-refractivity contribution in [3.8, 4) is 0 Å². The van der Waals surface area contributed by atoms with Crippen molar-refractivity contribution < 1.29 is 24.2 Å². The Bertz CT molecular complexity index is 721. The number of aliphatic hydroxyl groups is 1. The molecule has 176 valence electrons. The third-order valence-corrected chi connectivity index (χ3v) is 8.32. The molecular formula is C22H36BrN3O5. The lowest BCUT2D eigenvalue weighted by atomic mass is 9.70. The highest BCUT2D eigenvalue weighted by atomic mass is 79.9. The molecule has 3 heterocycles. The van der Waals surface area contributed by atoms with Crippen LogP contribution in [0.3, 0.4) is 0 Å². The number of nitrogens with one attached hydrogen (secondary N) is 2. The summed E-state index contributed by atoms with van der Waals surface area (Å²) in [5.74, 6) is -2.20. The van der Waals surface area contributed by atoms with Crippen molar-refractivity contribution in [2.24, 2.45) is 17.8 Å². The number of rotatable bonds is 9. The Kier molecular flexibility index (Phi) is 7.38. The maximum absolute atomic E-state index is 13.8. The predicted octanol–water partition coefficient (Wildman–Crippen LogP) is 1.19. The van der Waals surface area contributed by atoms with E-state index in [9.17, 15) is 19.5 Å². The van der Waals surface area contributed by atoms with Gasteiger partial charge in [0, 0.05) is 17.9 Å². The van der Waals surface area contributed by atoms with Gasteiger partial charge in [0.15, 0.2) is 0 Å². The van der Waals surface area contributed by atoms with Crippen LogP contribution in [0, 0.1) is 17.8 Å². The third kappa shape index (κ3) is 3.80. The monoisotopic (exact) mass is 501 g/mol. The van der Waals surface area contributed by atoms with Gasteiger partial charge in [-0.1, -0.05) is 49.5 Å². The molecule has 8 nitrogen and oxygen atoms in total. The van der Waals surface area contributed by atoms with Crippen LogP contribution in [0.1, 0.15) is 53.4 Å². The van der Waals surface area contributed by atoms with E-state index in [4.69, 9.17) is 4.74 Å². The molecule has 0 radical (unpaired) electrons. The van der Waals surface area contributed by atoms with Crippen molar-refractivity contribution in [3.63, 3.8) is 0 Å². The Morgan fingerprint density at radius 1 is 1.32 bits per heavy atom. The fourth-order valence-electron chi connectivity index (χ4n) is 5.83. The summed E-state index contributed by atoms with van der Waals surface area (Å²) < 4.78 is 6.40. The Balaban J connectivity index is 2.07. The van der Waals surface area contributed by atoms with Crippen LogP contribution < -0.4 is 10.6 Å². The average molecular weight is 502 g/mol. The zero-order valence-corrected chi connectivity index (χ0v) is 20.6. The molecule has 9 atom stereocenters. The molecule has 31 heavy (non-hydrogen) atoms. The largest absolute Gasteiger partial charge is 0.394 e. The Morgan fingerprint density at radius 2 is 2.00 bits per heavy atom. The van der Waals surface area contributed by atoms with Crippen LogP contribution in [0.25, 0.3) is 0 Å². The molecule has 3 saturated heterocycles. The number of alkyl halides is 1. The number of ether oxygens (including phenoxy) is 1. The lowest BCUT2D eigenvalue weighted by Crippen LogP contribution is -2.60. The van der Waals surface area contributed by atoms with Crippen LogP contribution in [0.15, 0.2) is 0 Å². The number of nitrogens with zero attached hydrogens (tertiary/aromatic N) is 1. The van der Waals surface area contributed by atoms with Crippen LogP contribution in [0.5, 0.6) is 0 Å². The third-order valence-electron chi connectivity index (χ3n) is 7.48. The minimum atomic E-state index is -1.08. The first-order chi connectivity index (χ1) is 14.7. The van der Waals surface area contributed by atoms with Gasteiger partial charge in [-0.25, -0.2) is 0 Å². The van der Waals surface area contributed by atoms with Crippen molar-refractivity contribution in [2.75, 3.05) is 13.7 Å². The van der Waals surface area contributed by atoms with Gasteiger partial charge in [-0.3, -0.25) is 14.4 Å². The molecule has 0 aliphatic carbocycles. The molecule has 0 saturated carbocycles. The van der Waals surface area contributed by atoms with Crippen molar-refractivity contribution in [3.05, 3.63) is 0 Å². The molecule has 3 fully saturated rings. The fraction of sp³-hybridized carbons (Fsp3) is 0.864. The second kappa shape index (κ2) is 9.35. The fourth-order valence-corrected chi connectivity index (χ4v) is 6.77. The normalized spacial score (nSPS) is 36.8. The predicted molar refractivity (Wildman–Crippen MR) is 119 cm³/mol. The van der Waals surface area contributed by atoms with E-state index < -0.39 is 35.6 Å². The van der Waals surface area contributed by atoms with Crippen LogP contribution >= 0.6 is 15.9 Å². The molecule has 3 amide bonds. The van der Waals surface area contributed by atoms with Gasteiger partial charge >= 0.3 is 0 Å². The number of carbonyl (C=O) groups is 3. The molecule has 9 heteroatoms. The average Bonchev–Trinajstić information content (AvgIpc) is 3.32. The SMILES string of the molecule is CCCC(C)NC(=O)C1N([C@@H](CO)[C@@H](C)CC)C(=O)[C@@H]2[C@@H](C(=O)NC)[C@@H]3OC12CC3Br. The summed E-state index contributed by atoms with van der Waals surface area (Å²) in [7, 11) is 1.55. The van der Waals surface area contributed by atoms with Crippen LogP contribution in [0.4, 0.5) is 0 Å². The van der Waals surface area contributed by atoms with Gasteiger partial charge in [0.1, 0.15) is 11.6 Å². The van der Waals surface area contributed by atoms with Crippen molar-refractivity contribution in [1.29, 1.82) is 0 Å². The molecular weight excluding hydrogens is 466 g/mol. The number of halogens is 1. The molecule has 3 N–H and O–H groups in total. The summed E-state index contributed by atoms with van der Waals surface area (Å²) in [5.41, 5.74) is -1.08. The smallest absolute Gasteiger partial charge is 0.246 e. The molecule has 2 bridgehead atoms. The lowest BCUT2D eigenvalue weighted by Gasteiger charge is -2.39. The summed E-state index contributed by atoms with van der Waals surface area (Å²) in [5, 5.41) is 15.9. The second-order valence-electron chi connectivity index (χ2n) is 9.36. The minimum absolute atomic E-state index is 0.0111. The number of aliphatic hydroxyl groups excluding tert-OH is 1. The van der Waals surface area contributed by atoms with Crippen LogP contribution in [-0.2, 0) is 19.1 Å². The summed E-state index contributed by atoms with van der Waals surface area (Å²) in [4.78, 5) is 41.6. The van der Waals surface area contributed by atoms with Gasteiger partial charge in [-0.05, 0) is 25.7 Å². The molecule has 0 aromatic rings. The maximum atomic E-state index is 13.8. The molecule has 0 aromatic carbocycles. The van der Waals surface area contributed by atoms with Gasteiger partial charge in [0.05, 0.1) is 30.6 Å². The number of carbonyl (C=O) groups excluding carboxylic acids is 3. The Hall–Kier alpha value is -1.19. The highest BCUT2D eigenvalue weighted by molar-refractivity contribution is 9.09. The van der Waals surface area contributed by atoms with E-state index in [1.165, 1.54) is 0 Å². The van der Waals surface area contributed by atoms with Gasteiger partial charge in [-0.15, -0.1) is 0 Å². The lowest BCUT2D eigenvalue weighted by molar-refractivity contribution is -0.147. The molecule has 4 unspecified atom stereocenters. The zero-order valence-electron chi connectivity index (χ0n) is 19.1. The van der Waals surface area contributed by atoms with E-state index in [-0.39, 0.29) is 41.1 Å². The van der Waals surface area contributed by atoms with Crippen LogP contribution in [-0.4, -0.2) is 76.0 Å². The number of hydrogen-bond donors (Lipinski definition) is 3. The first-order valence-corrected chi connectivity index (χ1v) is 12.4. The molecule has 3 aliphatic heterocycles. The van der Waals surface area contributed by atoms with Crippen LogP contribution in [0.2, 0.25) is 0 Å². The highest BCUT2D eigenvalue weighted by Crippen LogP contribution is 2.60. The van der Waals surface area contributed by atoms with Crippen molar-refractivity contribution >= 4 is 33.7 Å². The van der Waals surface area contributed by atoms with E-state index in [0.29, 0.717) is 6.42 Å². The van der Waals surface area contributed by atoms with E-state index in [1.807, 2.05) is 20.8 Å². The maximum Gasteiger partial charge on any atom is 0.246 e. The van der Waals surface area contributed by atoms with Crippen molar-refractivity contribution in [1.82, 2.24) is 15.5 Å². The number of amides is 3. The molecule has 1 spiro atoms. The summed E-state index contributed by atoms with van der Waals surface area (Å²) in [6, 6.07) is -1.44. The standard InChI is InChI=1S/C22H36BrN3O5/c1-6-8-12(4)25-20(29)18-22-9-13(23)17(31-22)15(19(28)24-5)16(22)21(30)26(18)14(10-27)11(3)7-2/h11-18,27H,6-10H2,1-5H3,(H,24,28)(H,25,29)/t11-,12?,13?,14-,15+,16-,17+,18?,22?/m0/s1. The van der Waals surface area contributed by atoms with Gasteiger partial charge in [0.2, 0.25) is 17.7 Å². The van der Waals surface area contributed by atoms with E-state index in [1.54, 1.807) is 11.9 Å². The van der Waals surface area contributed by atoms with Crippen molar-refractivity contribution in [2.45, 2.75) is 88.0 Å². The Labute approximate surface area is 193 Å². The summed E-state index contributed by atoms with van der Waals surface area (Å²) in [6.45, 7) is 7.72. The first-order valence-electron chi connectivity index (χ1n) is 11.4. The van der Waals surface area contributed by atoms with Gasteiger partial charge < -0.3 is 25.4 Å². The van der Waals surface area contributed by atoms with Gasteiger partial charge in [-0.2, -0.15) is 0 Å². The van der Waals surface area contributed by atoms with E-state index >= 15 is 0 Å². The van der Waals surface area contributed by atoms with E-state index in [2.05, 4.69) is 33.5 Å². The minimum Gasteiger partial charge on any atom is -0.394 e. The zero-order chi connectivity index (χ0) is 23.1. The molecule has 3 rings (SSSR count). The quantitative estimate of drug-likeness (QED) is 0.411. The topological polar surface area (TPSA) is 108 Å². The summed E-state index contributed by atoms with van der Waals surface area (Å²) in [6.07, 6.45) is 2.50.